The summed E-state index contributed by atoms with van der Waals surface area (Å²) in [4.78, 5) is 15.8. The Morgan fingerprint density at radius 3 is 2.48 bits per heavy atom. The number of allylic oxidation sites excluding steroid dienone is 1. The molecule has 2 rings (SSSR count). The second kappa shape index (κ2) is 5.52. The van der Waals surface area contributed by atoms with E-state index in [1.807, 2.05) is 31.2 Å². The molecule has 1 aromatic carbocycles. The van der Waals surface area contributed by atoms with E-state index < -0.39 is 5.91 Å². The summed E-state index contributed by atoms with van der Waals surface area (Å²) < 4.78 is 0. The summed E-state index contributed by atoms with van der Waals surface area (Å²) >= 11 is 0. The van der Waals surface area contributed by atoms with Gasteiger partial charge in [0.1, 0.15) is 11.5 Å². The predicted octanol–water partition coefficient (Wildman–Crippen LogP) is 1.79. The van der Waals surface area contributed by atoms with Crippen molar-refractivity contribution in [3.63, 3.8) is 0 Å². The second-order valence-corrected chi connectivity index (χ2v) is 5.50. The first-order valence-corrected chi connectivity index (χ1v) is 6.84. The Morgan fingerprint density at radius 1 is 1.33 bits per heavy atom. The highest BCUT2D eigenvalue weighted by Gasteiger charge is 2.49. The first kappa shape index (κ1) is 15.0. The molecule has 0 radical (unpaired) electrons. The van der Waals surface area contributed by atoms with Gasteiger partial charge in [-0.2, -0.15) is 4.99 Å². The summed E-state index contributed by atoms with van der Waals surface area (Å²) in [7, 11) is 0. The number of aliphatic imine (C=N–C) groups is 1. The van der Waals surface area contributed by atoms with E-state index in [-0.39, 0.29) is 17.0 Å². The van der Waals surface area contributed by atoms with Gasteiger partial charge in [-0.1, -0.05) is 24.3 Å². The van der Waals surface area contributed by atoms with Crippen LogP contribution in [0.3, 0.4) is 0 Å². The average molecular weight is 284 g/mol. The van der Waals surface area contributed by atoms with Crippen LogP contribution in [-0.4, -0.2) is 17.5 Å². The summed E-state index contributed by atoms with van der Waals surface area (Å²) in [6.07, 6.45) is 3.03. The van der Waals surface area contributed by atoms with Gasteiger partial charge in [-0.3, -0.25) is 10.2 Å². The van der Waals surface area contributed by atoms with E-state index in [0.717, 1.165) is 24.0 Å². The van der Waals surface area contributed by atoms with E-state index in [9.17, 15) is 4.79 Å². The molecule has 1 saturated carbocycles. The van der Waals surface area contributed by atoms with Gasteiger partial charge in [0.2, 0.25) is 0 Å². The summed E-state index contributed by atoms with van der Waals surface area (Å²) in [6, 6.07) is 7.97. The van der Waals surface area contributed by atoms with Crippen LogP contribution in [0, 0.1) is 12.3 Å². The van der Waals surface area contributed by atoms with Crippen molar-refractivity contribution in [3.8, 4) is 0 Å². The summed E-state index contributed by atoms with van der Waals surface area (Å²) in [5, 5.41) is 7.62. The van der Waals surface area contributed by atoms with Crippen molar-refractivity contribution >= 4 is 17.5 Å². The molecule has 0 bridgehead atoms. The van der Waals surface area contributed by atoms with E-state index in [1.165, 1.54) is 6.08 Å². The number of nitrogens with one attached hydrogen (secondary N) is 1. The van der Waals surface area contributed by atoms with Crippen LogP contribution in [0.15, 0.2) is 41.0 Å². The minimum Gasteiger partial charge on any atom is -0.402 e. The molecule has 0 aromatic heterocycles. The number of rotatable bonds is 4. The fourth-order valence-corrected chi connectivity index (χ4v) is 2.46. The molecule has 5 N–H and O–H groups in total. The van der Waals surface area contributed by atoms with Crippen molar-refractivity contribution in [2.45, 2.75) is 32.1 Å². The smallest absolute Gasteiger partial charge is 0.296 e. The third-order valence-electron chi connectivity index (χ3n) is 3.73. The van der Waals surface area contributed by atoms with Crippen LogP contribution in [0.5, 0.6) is 0 Å². The zero-order valence-electron chi connectivity index (χ0n) is 12.3. The van der Waals surface area contributed by atoms with Gasteiger partial charge in [0, 0.05) is 5.70 Å². The molecule has 1 amide bonds. The molecule has 0 heterocycles. The van der Waals surface area contributed by atoms with Gasteiger partial charge in [0.05, 0.1) is 5.41 Å². The third kappa shape index (κ3) is 3.02. The summed E-state index contributed by atoms with van der Waals surface area (Å²) in [5.74, 6) is -0.369. The van der Waals surface area contributed by atoms with E-state index in [2.05, 4.69) is 4.99 Å². The van der Waals surface area contributed by atoms with E-state index >= 15 is 0 Å². The number of carbonyl (C=O) groups is 1. The Morgan fingerprint density at radius 2 is 1.95 bits per heavy atom. The first-order valence-electron chi connectivity index (χ1n) is 6.84. The molecular formula is C16H20N4O. The number of aryl methyl sites for hydroxylation is 1. The molecule has 0 saturated heterocycles. The van der Waals surface area contributed by atoms with Crippen LogP contribution >= 0.6 is 0 Å². The SMILES string of the molecule is C/C(N)=C/C(=N)C(=O)N=C(N)C1(c2ccccc2C)CC1. The van der Waals surface area contributed by atoms with E-state index in [1.54, 1.807) is 6.92 Å². The van der Waals surface area contributed by atoms with Gasteiger partial charge in [-0.05, 0) is 43.9 Å². The number of hydrogen-bond acceptors (Lipinski definition) is 3. The zero-order chi connectivity index (χ0) is 15.6. The van der Waals surface area contributed by atoms with Crippen LogP contribution in [0.1, 0.15) is 30.9 Å². The molecule has 1 aliphatic carbocycles. The number of nitrogens with two attached hydrogens (primary N) is 2. The van der Waals surface area contributed by atoms with Gasteiger partial charge in [0.15, 0.2) is 0 Å². The maximum Gasteiger partial charge on any atom is 0.296 e. The summed E-state index contributed by atoms with van der Waals surface area (Å²) in [6.45, 7) is 3.64. The first-order chi connectivity index (χ1) is 9.86. The van der Waals surface area contributed by atoms with Gasteiger partial charge in [-0.15, -0.1) is 0 Å². The fraction of sp³-hybridized carbons (Fsp3) is 0.312. The van der Waals surface area contributed by atoms with Gasteiger partial charge in [0.25, 0.3) is 5.91 Å². The van der Waals surface area contributed by atoms with Crippen LogP contribution < -0.4 is 11.5 Å². The molecule has 5 heteroatoms. The van der Waals surface area contributed by atoms with Crippen molar-refractivity contribution < 1.29 is 4.79 Å². The standard InChI is InChI=1S/C16H20N4O/c1-10-5-3-4-6-12(10)16(7-8-16)15(19)20-14(21)13(18)9-11(2)17/h3-6,9,18H,7-8,17H2,1-2H3,(H2,19,20,21)/b11-9-,18-13?. The predicted molar refractivity (Wildman–Crippen MR) is 84.4 cm³/mol. The minimum atomic E-state index is -0.655. The maximum atomic E-state index is 11.9. The second-order valence-electron chi connectivity index (χ2n) is 5.50. The Bertz CT molecular complexity index is 650. The topological polar surface area (TPSA) is 105 Å². The molecule has 1 fully saturated rings. The quantitative estimate of drug-likeness (QED) is 0.579. The number of carbonyl (C=O) groups excluding carboxylic acids is 1. The number of amidine groups is 1. The molecule has 110 valence electrons. The van der Waals surface area contributed by atoms with Crippen molar-refractivity contribution in [1.29, 1.82) is 5.41 Å². The number of benzene rings is 1. The van der Waals surface area contributed by atoms with Crippen molar-refractivity contribution in [1.82, 2.24) is 0 Å². The Labute approximate surface area is 124 Å². The van der Waals surface area contributed by atoms with Crippen LogP contribution in [0.25, 0.3) is 0 Å². The summed E-state index contributed by atoms with van der Waals surface area (Å²) in [5.41, 5.74) is 13.6. The van der Waals surface area contributed by atoms with E-state index in [4.69, 9.17) is 16.9 Å². The van der Waals surface area contributed by atoms with Gasteiger partial charge >= 0.3 is 0 Å². The van der Waals surface area contributed by atoms with Crippen molar-refractivity contribution in [2.75, 3.05) is 0 Å². The lowest BCUT2D eigenvalue weighted by molar-refractivity contribution is -0.111. The minimum absolute atomic E-state index is 0.251. The van der Waals surface area contributed by atoms with Crippen molar-refractivity contribution in [3.05, 3.63) is 47.2 Å². The highest BCUT2D eigenvalue weighted by Crippen LogP contribution is 2.49. The monoisotopic (exact) mass is 284 g/mol. The number of amides is 1. The Kier molecular flexibility index (Phi) is 3.93. The molecule has 5 nitrogen and oxygen atoms in total. The molecule has 0 atom stereocenters. The molecule has 0 unspecified atom stereocenters. The van der Waals surface area contributed by atoms with Crippen LogP contribution in [0.4, 0.5) is 0 Å². The number of nitrogens with zero attached hydrogens (tertiary/aromatic N) is 1. The molecule has 1 aliphatic rings. The molecule has 0 aliphatic heterocycles. The van der Waals surface area contributed by atoms with Gasteiger partial charge in [-0.25, -0.2) is 0 Å². The normalized spacial score (nSPS) is 17.4. The molecule has 0 spiro atoms. The van der Waals surface area contributed by atoms with Crippen molar-refractivity contribution in [2.24, 2.45) is 16.5 Å². The largest absolute Gasteiger partial charge is 0.402 e. The average Bonchev–Trinajstić information content (AvgIpc) is 3.19. The lowest BCUT2D eigenvalue weighted by atomic mass is 9.91. The molecule has 1 aromatic rings. The Hall–Kier alpha value is -2.43. The highest BCUT2D eigenvalue weighted by atomic mass is 16.1. The fourth-order valence-electron chi connectivity index (χ4n) is 2.46. The molecule has 21 heavy (non-hydrogen) atoms. The Balaban J connectivity index is 2.28. The maximum absolute atomic E-state index is 11.9. The van der Waals surface area contributed by atoms with Gasteiger partial charge < -0.3 is 11.5 Å². The van der Waals surface area contributed by atoms with E-state index in [0.29, 0.717) is 5.70 Å². The highest BCUT2D eigenvalue weighted by molar-refractivity contribution is 6.44. The lowest BCUT2D eigenvalue weighted by Gasteiger charge is -2.17. The lowest BCUT2D eigenvalue weighted by Crippen LogP contribution is -2.31. The number of hydrogen-bond donors (Lipinski definition) is 3. The molecular weight excluding hydrogens is 264 g/mol. The zero-order valence-corrected chi connectivity index (χ0v) is 12.3. The van der Waals surface area contributed by atoms with Crippen LogP contribution in [0.2, 0.25) is 0 Å². The van der Waals surface area contributed by atoms with Crippen LogP contribution in [-0.2, 0) is 10.2 Å². The third-order valence-corrected chi connectivity index (χ3v) is 3.73.